The van der Waals surface area contributed by atoms with Crippen LogP contribution in [0.4, 0.5) is 5.82 Å². The summed E-state index contributed by atoms with van der Waals surface area (Å²) in [5.74, 6) is 0.646. The van der Waals surface area contributed by atoms with Crippen molar-refractivity contribution >= 4 is 46.1 Å². The highest BCUT2D eigenvalue weighted by Gasteiger charge is 2.33. The smallest absolute Gasteiger partial charge is 0.270 e. The maximum atomic E-state index is 13.1. The van der Waals surface area contributed by atoms with Crippen LogP contribution < -0.4 is 10.5 Å². The molecule has 0 radical (unpaired) electrons. The van der Waals surface area contributed by atoms with Crippen molar-refractivity contribution in [2.45, 2.75) is 46.1 Å². The Labute approximate surface area is 192 Å². The Bertz CT molecular complexity index is 1000. The lowest BCUT2D eigenvalue weighted by molar-refractivity contribution is -0.122. The molecule has 0 aliphatic carbocycles. The van der Waals surface area contributed by atoms with Gasteiger partial charge in [-0.25, -0.2) is 0 Å². The van der Waals surface area contributed by atoms with E-state index < -0.39 is 0 Å². The third-order valence-corrected chi connectivity index (χ3v) is 7.00. The van der Waals surface area contributed by atoms with Gasteiger partial charge in [-0.15, -0.1) is 0 Å². The molecule has 0 N–H and O–H groups in total. The van der Waals surface area contributed by atoms with Crippen LogP contribution in [0.1, 0.15) is 49.3 Å². The van der Waals surface area contributed by atoms with Crippen molar-refractivity contribution < 1.29 is 9.53 Å². The third kappa shape index (κ3) is 4.71. The van der Waals surface area contributed by atoms with Crippen LogP contribution in [0.2, 0.25) is 0 Å². The Morgan fingerprint density at radius 3 is 2.55 bits per heavy atom. The summed E-state index contributed by atoms with van der Waals surface area (Å²) in [5.41, 5.74) is 1.25. The Hall–Kier alpha value is -2.15. The minimum atomic E-state index is -0.257. The van der Waals surface area contributed by atoms with E-state index in [9.17, 15) is 14.9 Å². The standard InChI is InChI=1S/C22H28N4O3S2/c1-4-8-25-19(24-9-6-5-7-10-24)16(15(2)17(14-23)20(25)27)13-18-21(28)26(11-12-29-3)22(30)31-18/h13H,4-12H2,1-3H3/b18-13-. The van der Waals surface area contributed by atoms with Gasteiger partial charge in [0.2, 0.25) is 0 Å². The number of hydrogen-bond acceptors (Lipinski definition) is 7. The minimum absolute atomic E-state index is 0.135. The predicted molar refractivity (Wildman–Crippen MR) is 128 cm³/mol. The SMILES string of the molecule is CCCn1c(N2CCCCC2)c(/C=C2\SC(=S)N(CCOC)C2=O)c(C)c(C#N)c1=O. The van der Waals surface area contributed by atoms with Crippen LogP contribution in [0.25, 0.3) is 6.08 Å². The Morgan fingerprint density at radius 1 is 1.23 bits per heavy atom. The molecule has 3 heterocycles. The van der Waals surface area contributed by atoms with Gasteiger partial charge in [0.15, 0.2) is 0 Å². The zero-order valence-electron chi connectivity index (χ0n) is 18.3. The van der Waals surface area contributed by atoms with Crippen LogP contribution in [0, 0.1) is 18.3 Å². The first-order valence-corrected chi connectivity index (χ1v) is 11.8. The van der Waals surface area contributed by atoms with E-state index in [-0.39, 0.29) is 17.0 Å². The summed E-state index contributed by atoms with van der Waals surface area (Å²) in [7, 11) is 1.59. The Balaban J connectivity index is 2.18. The van der Waals surface area contributed by atoms with Gasteiger partial charge in [-0.3, -0.25) is 19.1 Å². The van der Waals surface area contributed by atoms with Crippen molar-refractivity contribution in [3.63, 3.8) is 0 Å². The number of thiocarbonyl (C=S) groups is 1. The predicted octanol–water partition coefficient (Wildman–Crippen LogP) is 3.28. The summed E-state index contributed by atoms with van der Waals surface area (Å²) < 4.78 is 7.30. The number of amides is 1. The number of hydrogen-bond donors (Lipinski definition) is 0. The highest BCUT2D eigenvalue weighted by atomic mass is 32.2. The quantitative estimate of drug-likeness (QED) is 0.456. The summed E-state index contributed by atoms with van der Waals surface area (Å²) in [5, 5.41) is 9.70. The normalized spacial score (nSPS) is 18.2. The monoisotopic (exact) mass is 460 g/mol. The molecule has 2 saturated heterocycles. The lowest BCUT2D eigenvalue weighted by Gasteiger charge is -2.33. The van der Waals surface area contributed by atoms with Gasteiger partial charge < -0.3 is 9.64 Å². The first-order chi connectivity index (χ1) is 14.9. The number of aromatic nitrogens is 1. The van der Waals surface area contributed by atoms with Crippen LogP contribution in [-0.2, 0) is 16.1 Å². The van der Waals surface area contributed by atoms with Gasteiger partial charge in [0, 0.05) is 32.3 Å². The molecule has 1 aromatic rings. The fourth-order valence-electron chi connectivity index (χ4n) is 4.03. The lowest BCUT2D eigenvalue weighted by Crippen LogP contribution is -2.37. The maximum absolute atomic E-state index is 13.1. The first kappa shape index (κ1) is 23.5. The summed E-state index contributed by atoms with van der Waals surface area (Å²) >= 11 is 6.66. The molecule has 7 nitrogen and oxygen atoms in total. The highest BCUT2D eigenvalue weighted by Crippen LogP contribution is 2.36. The largest absolute Gasteiger partial charge is 0.383 e. The van der Waals surface area contributed by atoms with E-state index >= 15 is 0 Å². The van der Waals surface area contributed by atoms with Crippen molar-refractivity contribution in [3.8, 4) is 6.07 Å². The fraction of sp³-hybridized carbons (Fsp3) is 0.545. The van der Waals surface area contributed by atoms with E-state index in [2.05, 4.69) is 11.0 Å². The van der Waals surface area contributed by atoms with Crippen molar-refractivity contribution in [1.29, 1.82) is 5.26 Å². The molecule has 3 rings (SSSR count). The van der Waals surface area contributed by atoms with E-state index in [0.717, 1.165) is 50.2 Å². The van der Waals surface area contributed by atoms with Gasteiger partial charge in [-0.05, 0) is 44.2 Å². The van der Waals surface area contributed by atoms with Gasteiger partial charge in [0.05, 0.1) is 18.1 Å². The molecule has 0 spiro atoms. The van der Waals surface area contributed by atoms with Gasteiger partial charge >= 0.3 is 0 Å². The molecule has 0 bridgehead atoms. The van der Waals surface area contributed by atoms with Crippen LogP contribution in [0.5, 0.6) is 0 Å². The molecule has 9 heteroatoms. The lowest BCUT2D eigenvalue weighted by atomic mass is 10.0. The molecule has 2 aliphatic rings. The van der Waals surface area contributed by atoms with Gasteiger partial charge in [0.25, 0.3) is 11.5 Å². The fourth-order valence-corrected chi connectivity index (χ4v) is 5.32. The van der Waals surface area contributed by atoms with Crippen LogP contribution >= 0.6 is 24.0 Å². The molecule has 0 saturated carbocycles. The highest BCUT2D eigenvalue weighted by molar-refractivity contribution is 8.26. The van der Waals surface area contributed by atoms with Crippen molar-refractivity contribution in [3.05, 3.63) is 31.9 Å². The van der Waals surface area contributed by atoms with Gasteiger partial charge in [0.1, 0.15) is 21.8 Å². The van der Waals surface area contributed by atoms with E-state index in [1.54, 1.807) is 23.5 Å². The van der Waals surface area contributed by atoms with E-state index in [4.69, 9.17) is 17.0 Å². The molecule has 2 fully saturated rings. The molecule has 0 atom stereocenters. The number of carbonyl (C=O) groups excluding carboxylic acids is 1. The molecule has 1 amide bonds. The Kier molecular flexibility index (Phi) is 7.92. The molecule has 31 heavy (non-hydrogen) atoms. The van der Waals surface area contributed by atoms with E-state index in [0.29, 0.717) is 34.5 Å². The molecule has 2 aliphatic heterocycles. The average molecular weight is 461 g/mol. The van der Waals surface area contributed by atoms with Crippen LogP contribution in [0.15, 0.2) is 9.70 Å². The number of nitrogens with zero attached hydrogens (tertiary/aromatic N) is 4. The average Bonchev–Trinajstić information content (AvgIpc) is 3.03. The summed E-state index contributed by atoms with van der Waals surface area (Å²) in [6.07, 6.45) is 5.86. The zero-order valence-corrected chi connectivity index (χ0v) is 19.9. The number of carbonyl (C=O) groups is 1. The number of anilines is 1. The van der Waals surface area contributed by atoms with Crippen molar-refractivity contribution in [1.82, 2.24) is 9.47 Å². The second-order valence-electron chi connectivity index (χ2n) is 7.68. The number of rotatable bonds is 7. The van der Waals surface area contributed by atoms with Crippen LogP contribution in [0.3, 0.4) is 0 Å². The van der Waals surface area contributed by atoms with Gasteiger partial charge in [-0.1, -0.05) is 30.9 Å². The molecular weight excluding hydrogens is 432 g/mol. The van der Waals surface area contributed by atoms with Crippen LogP contribution in [-0.4, -0.2) is 53.0 Å². The maximum Gasteiger partial charge on any atom is 0.270 e. The molecule has 0 unspecified atom stereocenters. The van der Waals surface area contributed by atoms with E-state index in [1.165, 1.54) is 11.8 Å². The topological polar surface area (TPSA) is 78.6 Å². The molecule has 1 aromatic heterocycles. The zero-order chi connectivity index (χ0) is 22.5. The second-order valence-corrected chi connectivity index (χ2v) is 9.36. The summed E-state index contributed by atoms with van der Waals surface area (Å²) in [6, 6.07) is 2.09. The number of piperidine rings is 1. The number of nitriles is 1. The Morgan fingerprint density at radius 2 is 1.94 bits per heavy atom. The minimum Gasteiger partial charge on any atom is -0.383 e. The summed E-state index contributed by atoms with van der Waals surface area (Å²) in [6.45, 7) is 6.83. The number of methoxy groups -OCH3 is 1. The molecular formula is C22H28N4O3S2. The summed E-state index contributed by atoms with van der Waals surface area (Å²) in [4.78, 5) is 30.4. The van der Waals surface area contributed by atoms with Crippen molar-refractivity contribution in [2.75, 3.05) is 38.3 Å². The second kappa shape index (κ2) is 10.4. The molecule has 0 aromatic carbocycles. The van der Waals surface area contributed by atoms with Gasteiger partial charge in [-0.2, -0.15) is 5.26 Å². The number of thioether (sulfide) groups is 1. The third-order valence-electron chi connectivity index (χ3n) is 5.62. The van der Waals surface area contributed by atoms with Crippen molar-refractivity contribution in [2.24, 2.45) is 0 Å². The first-order valence-electron chi connectivity index (χ1n) is 10.6. The molecule has 166 valence electrons. The number of ether oxygens (including phenoxy) is 1. The van der Waals surface area contributed by atoms with E-state index in [1.807, 2.05) is 13.0 Å². The number of pyridine rings is 1.